The molecule has 7 nitrogen and oxygen atoms in total. The molecule has 0 bridgehead atoms. The number of nitriles is 1. The van der Waals surface area contributed by atoms with Crippen molar-refractivity contribution in [2.24, 2.45) is 0 Å². The molecule has 2 atom stereocenters. The maximum atomic E-state index is 12.3. The number of rotatable bonds is 5. The smallest absolute Gasteiger partial charge is 0.240 e. The summed E-state index contributed by atoms with van der Waals surface area (Å²) in [6.07, 6.45) is 3.50. The number of hydrogen-bond donors (Lipinski definition) is 1. The van der Waals surface area contributed by atoms with Crippen LogP contribution in [-0.4, -0.2) is 35.8 Å². The first-order chi connectivity index (χ1) is 12.6. The average Bonchev–Trinajstić information content (AvgIpc) is 2.66. The minimum absolute atomic E-state index is 0.0954. The molecule has 3 rings (SSSR count). The number of nitrogens with zero attached hydrogens (tertiary/aromatic N) is 2. The fourth-order valence-electron chi connectivity index (χ4n) is 2.74. The van der Waals surface area contributed by atoms with E-state index in [1.54, 1.807) is 41.2 Å². The highest BCUT2D eigenvalue weighted by Gasteiger charge is 2.29. The van der Waals surface area contributed by atoms with Crippen molar-refractivity contribution in [3.8, 4) is 11.8 Å². The molecule has 0 spiro atoms. The summed E-state index contributed by atoms with van der Waals surface area (Å²) in [4.78, 5) is 23.4. The predicted molar refractivity (Wildman–Crippen MR) is 93.6 cm³/mol. The van der Waals surface area contributed by atoms with Crippen molar-refractivity contribution in [2.45, 2.75) is 25.1 Å². The highest BCUT2D eigenvalue weighted by atomic mass is 16.5. The molecule has 26 heavy (non-hydrogen) atoms. The highest BCUT2D eigenvalue weighted by Crippen LogP contribution is 2.18. The average molecular weight is 353 g/mol. The third kappa shape index (κ3) is 4.71. The van der Waals surface area contributed by atoms with Gasteiger partial charge in [0.05, 0.1) is 24.3 Å². The highest BCUT2D eigenvalue weighted by molar-refractivity contribution is 5.76. The molecule has 2 aromatic rings. The number of carbonyl (C=O) groups excluding carboxylic acids is 1. The van der Waals surface area contributed by atoms with Gasteiger partial charge in [0.1, 0.15) is 18.4 Å². The van der Waals surface area contributed by atoms with Crippen LogP contribution in [0.2, 0.25) is 0 Å². The number of carbonyl (C=O) groups is 1. The van der Waals surface area contributed by atoms with Crippen molar-refractivity contribution < 1.29 is 14.3 Å². The van der Waals surface area contributed by atoms with Gasteiger partial charge in [-0.3, -0.25) is 9.59 Å². The molecule has 1 N–H and O–H groups in total. The number of nitrogens with one attached hydrogen (secondary N) is 1. The summed E-state index contributed by atoms with van der Waals surface area (Å²) < 4.78 is 13.1. The molecule has 0 unspecified atom stereocenters. The van der Waals surface area contributed by atoms with Gasteiger partial charge < -0.3 is 19.4 Å². The van der Waals surface area contributed by atoms with Crippen LogP contribution in [0.1, 0.15) is 12.0 Å². The first-order valence-electron chi connectivity index (χ1n) is 8.34. The molecule has 1 aromatic carbocycles. The van der Waals surface area contributed by atoms with Crippen LogP contribution in [0, 0.1) is 11.3 Å². The molecule has 134 valence electrons. The molecule has 1 amide bonds. The minimum Gasteiger partial charge on any atom is -0.486 e. The van der Waals surface area contributed by atoms with Crippen LogP contribution in [0.3, 0.4) is 0 Å². The quantitative estimate of drug-likeness (QED) is 0.868. The molecule has 0 aliphatic carbocycles. The Morgan fingerprint density at radius 2 is 2.00 bits per heavy atom. The summed E-state index contributed by atoms with van der Waals surface area (Å²) in [5.41, 5.74) is 0.463. The number of pyridine rings is 1. The number of hydrogen-bond acceptors (Lipinski definition) is 5. The fourth-order valence-corrected chi connectivity index (χ4v) is 2.74. The van der Waals surface area contributed by atoms with E-state index in [-0.39, 0.29) is 30.0 Å². The molecule has 7 heteroatoms. The van der Waals surface area contributed by atoms with E-state index in [4.69, 9.17) is 14.7 Å². The predicted octanol–water partition coefficient (Wildman–Crippen LogP) is 1.07. The Balaban J connectivity index is 1.60. The lowest BCUT2D eigenvalue weighted by molar-refractivity contribution is -0.124. The van der Waals surface area contributed by atoms with Crippen molar-refractivity contribution in [3.05, 3.63) is 64.6 Å². The summed E-state index contributed by atoms with van der Waals surface area (Å²) in [7, 11) is 0. The standard InChI is InChI=1S/C19H19N3O4/c20-11-14-1-3-16(4-2-14)26-18-13-25-10-7-17(18)21-19(24)12-22-8-5-15(23)6-9-22/h1-6,8-9,17-18H,7,10,12-13H2,(H,21,24)/t17-,18-/m1/s1. The van der Waals surface area contributed by atoms with E-state index in [1.807, 2.05) is 0 Å². The first kappa shape index (κ1) is 17.7. The van der Waals surface area contributed by atoms with Gasteiger partial charge in [-0.15, -0.1) is 0 Å². The molecule has 1 aliphatic rings. The van der Waals surface area contributed by atoms with Crippen LogP contribution in [0.25, 0.3) is 0 Å². The fraction of sp³-hybridized carbons (Fsp3) is 0.316. The lowest BCUT2D eigenvalue weighted by Gasteiger charge is -2.32. The van der Waals surface area contributed by atoms with Gasteiger partial charge in [0.2, 0.25) is 5.91 Å². The third-order valence-electron chi connectivity index (χ3n) is 4.11. The largest absolute Gasteiger partial charge is 0.486 e. The molecular weight excluding hydrogens is 334 g/mol. The summed E-state index contributed by atoms with van der Waals surface area (Å²) >= 11 is 0. The van der Waals surface area contributed by atoms with E-state index in [2.05, 4.69) is 11.4 Å². The zero-order valence-corrected chi connectivity index (χ0v) is 14.1. The van der Waals surface area contributed by atoms with Gasteiger partial charge >= 0.3 is 0 Å². The van der Waals surface area contributed by atoms with Crippen molar-refractivity contribution in [1.82, 2.24) is 9.88 Å². The van der Waals surface area contributed by atoms with E-state index >= 15 is 0 Å². The maximum absolute atomic E-state index is 12.3. The Bertz CT molecular complexity index is 834. The molecule has 1 aromatic heterocycles. The van der Waals surface area contributed by atoms with Crippen LogP contribution in [0.4, 0.5) is 0 Å². The Morgan fingerprint density at radius 1 is 1.27 bits per heavy atom. The van der Waals surface area contributed by atoms with Gasteiger partial charge in [-0.1, -0.05) is 0 Å². The topological polar surface area (TPSA) is 93.3 Å². The zero-order valence-electron chi connectivity index (χ0n) is 14.1. The molecular formula is C19H19N3O4. The van der Waals surface area contributed by atoms with Gasteiger partial charge in [0, 0.05) is 31.1 Å². The van der Waals surface area contributed by atoms with E-state index in [0.29, 0.717) is 30.9 Å². The SMILES string of the molecule is N#Cc1ccc(O[C@@H]2COCC[C@H]2NC(=O)Cn2ccc(=O)cc2)cc1. The van der Waals surface area contributed by atoms with E-state index < -0.39 is 0 Å². The Hall–Kier alpha value is -3.11. The summed E-state index contributed by atoms with van der Waals surface area (Å²) in [6, 6.07) is 11.5. The van der Waals surface area contributed by atoms with E-state index in [0.717, 1.165) is 0 Å². The summed E-state index contributed by atoms with van der Waals surface area (Å²) in [6.45, 7) is 1.06. The number of aromatic nitrogens is 1. The number of benzene rings is 1. The lowest BCUT2D eigenvalue weighted by Crippen LogP contribution is -2.52. The second kappa shape index (κ2) is 8.32. The van der Waals surface area contributed by atoms with Gasteiger partial charge in [0.25, 0.3) is 0 Å². The van der Waals surface area contributed by atoms with Gasteiger partial charge in [-0.2, -0.15) is 5.26 Å². The van der Waals surface area contributed by atoms with E-state index in [1.165, 1.54) is 12.1 Å². The Kier molecular flexibility index (Phi) is 5.66. The van der Waals surface area contributed by atoms with Crippen molar-refractivity contribution in [1.29, 1.82) is 5.26 Å². The molecule has 0 saturated carbocycles. The molecule has 2 heterocycles. The van der Waals surface area contributed by atoms with E-state index in [9.17, 15) is 9.59 Å². The van der Waals surface area contributed by atoms with Crippen molar-refractivity contribution in [2.75, 3.05) is 13.2 Å². The Labute approximate surface area is 150 Å². The van der Waals surface area contributed by atoms with Crippen LogP contribution >= 0.6 is 0 Å². The van der Waals surface area contributed by atoms with Crippen molar-refractivity contribution in [3.63, 3.8) is 0 Å². The van der Waals surface area contributed by atoms with Crippen LogP contribution in [0.5, 0.6) is 5.75 Å². The van der Waals surface area contributed by atoms with Crippen LogP contribution in [0.15, 0.2) is 53.6 Å². The van der Waals surface area contributed by atoms with Crippen LogP contribution < -0.4 is 15.5 Å². The molecule has 1 aliphatic heterocycles. The zero-order chi connectivity index (χ0) is 18.4. The van der Waals surface area contributed by atoms with Gasteiger partial charge in [0.15, 0.2) is 5.43 Å². The summed E-state index contributed by atoms with van der Waals surface area (Å²) in [5, 5.41) is 11.8. The summed E-state index contributed by atoms with van der Waals surface area (Å²) in [5.74, 6) is 0.466. The number of amides is 1. The monoisotopic (exact) mass is 353 g/mol. The third-order valence-corrected chi connectivity index (χ3v) is 4.11. The minimum atomic E-state index is -0.311. The molecule has 1 saturated heterocycles. The first-order valence-corrected chi connectivity index (χ1v) is 8.34. The Morgan fingerprint density at radius 3 is 2.69 bits per heavy atom. The van der Waals surface area contributed by atoms with Gasteiger partial charge in [-0.25, -0.2) is 0 Å². The molecule has 1 fully saturated rings. The van der Waals surface area contributed by atoms with Gasteiger partial charge in [-0.05, 0) is 30.7 Å². The second-order valence-electron chi connectivity index (χ2n) is 6.04. The van der Waals surface area contributed by atoms with Crippen LogP contribution in [-0.2, 0) is 16.1 Å². The maximum Gasteiger partial charge on any atom is 0.240 e. The normalized spacial score (nSPS) is 19.3. The number of ether oxygens (including phenoxy) is 2. The second-order valence-corrected chi connectivity index (χ2v) is 6.04. The van der Waals surface area contributed by atoms with Crippen molar-refractivity contribution >= 4 is 5.91 Å². The molecule has 0 radical (unpaired) electrons. The lowest BCUT2D eigenvalue weighted by atomic mass is 10.1.